The third kappa shape index (κ3) is 2.52. The number of carbonyl (C=O) groups is 1. The summed E-state index contributed by atoms with van der Waals surface area (Å²) in [7, 11) is 0. The highest BCUT2D eigenvalue weighted by Crippen LogP contribution is 2.33. The average molecular weight is 275 g/mol. The molecule has 20 heavy (non-hydrogen) atoms. The average Bonchev–Trinajstić information content (AvgIpc) is 2.93. The molecule has 2 aliphatic heterocycles. The van der Waals surface area contributed by atoms with Crippen LogP contribution in [0.5, 0.6) is 0 Å². The smallest absolute Gasteiger partial charge is 0.335 e. The summed E-state index contributed by atoms with van der Waals surface area (Å²) < 4.78 is 6.05. The maximum atomic E-state index is 11.0. The number of rotatable bonds is 3. The van der Waals surface area contributed by atoms with Crippen LogP contribution in [0.4, 0.5) is 5.69 Å². The van der Waals surface area contributed by atoms with E-state index in [2.05, 4.69) is 18.7 Å². The lowest BCUT2D eigenvalue weighted by Gasteiger charge is -2.25. The Hall–Kier alpha value is -1.55. The van der Waals surface area contributed by atoms with Crippen molar-refractivity contribution in [3.05, 3.63) is 29.3 Å². The van der Waals surface area contributed by atoms with Gasteiger partial charge in [0.15, 0.2) is 0 Å². The van der Waals surface area contributed by atoms with Crippen molar-refractivity contribution < 1.29 is 14.6 Å². The van der Waals surface area contributed by atoms with E-state index in [-0.39, 0.29) is 11.7 Å². The fourth-order valence-electron chi connectivity index (χ4n) is 3.24. The van der Waals surface area contributed by atoms with E-state index in [0.29, 0.717) is 5.56 Å². The summed E-state index contributed by atoms with van der Waals surface area (Å²) in [5.41, 5.74) is 2.69. The van der Waals surface area contributed by atoms with Gasteiger partial charge in [-0.1, -0.05) is 0 Å². The van der Waals surface area contributed by atoms with Crippen LogP contribution >= 0.6 is 0 Å². The van der Waals surface area contributed by atoms with Crippen LogP contribution in [-0.2, 0) is 11.2 Å². The number of nitrogens with zero attached hydrogens (tertiary/aromatic N) is 1. The molecule has 1 unspecified atom stereocenters. The fourth-order valence-corrected chi connectivity index (χ4v) is 3.24. The predicted octanol–water partition coefficient (Wildman–Crippen LogP) is 2.70. The number of carboxylic acid groups (broad SMARTS) is 1. The number of ether oxygens (including phenoxy) is 1. The van der Waals surface area contributed by atoms with Gasteiger partial charge < -0.3 is 14.7 Å². The summed E-state index contributed by atoms with van der Waals surface area (Å²) in [6.07, 6.45) is 3.42. The van der Waals surface area contributed by atoms with Gasteiger partial charge in [-0.05, 0) is 56.9 Å². The van der Waals surface area contributed by atoms with Gasteiger partial charge in [0.25, 0.3) is 0 Å². The molecular formula is C16H21NO3. The zero-order valence-corrected chi connectivity index (χ0v) is 12.1. The largest absolute Gasteiger partial charge is 0.478 e. The first kappa shape index (κ1) is 13.4. The highest BCUT2D eigenvalue weighted by molar-refractivity contribution is 5.88. The normalized spacial score (nSPS) is 23.9. The van der Waals surface area contributed by atoms with E-state index in [1.807, 2.05) is 6.07 Å². The molecule has 1 aromatic rings. The molecule has 0 spiro atoms. The summed E-state index contributed by atoms with van der Waals surface area (Å²) in [4.78, 5) is 13.3. The van der Waals surface area contributed by atoms with Crippen molar-refractivity contribution in [3.8, 4) is 0 Å². The van der Waals surface area contributed by atoms with Gasteiger partial charge in [-0.15, -0.1) is 0 Å². The highest BCUT2D eigenvalue weighted by atomic mass is 16.5. The van der Waals surface area contributed by atoms with Crippen LogP contribution in [0.1, 0.15) is 42.6 Å². The Kier molecular flexibility index (Phi) is 3.21. The first-order valence-corrected chi connectivity index (χ1v) is 7.24. The standard InChI is InChI=1S/C16H21NO3/c1-16(2)7-5-13(20-16)10-17-8-6-11-9-12(15(18)19)3-4-14(11)17/h3-4,9,13H,5-8,10H2,1-2H3,(H,18,19). The highest BCUT2D eigenvalue weighted by Gasteiger charge is 2.33. The molecule has 2 aliphatic rings. The molecule has 1 N–H and O–H groups in total. The zero-order valence-electron chi connectivity index (χ0n) is 12.1. The number of anilines is 1. The molecule has 1 fully saturated rings. The van der Waals surface area contributed by atoms with Gasteiger partial charge in [-0.3, -0.25) is 0 Å². The van der Waals surface area contributed by atoms with Crippen molar-refractivity contribution in [2.24, 2.45) is 0 Å². The summed E-state index contributed by atoms with van der Waals surface area (Å²) in [6, 6.07) is 5.43. The van der Waals surface area contributed by atoms with Crippen LogP contribution in [0.3, 0.4) is 0 Å². The molecule has 1 atom stereocenters. The molecule has 0 saturated carbocycles. The Morgan fingerprint density at radius 3 is 2.95 bits per heavy atom. The summed E-state index contributed by atoms with van der Waals surface area (Å²) in [5, 5.41) is 9.04. The van der Waals surface area contributed by atoms with Crippen LogP contribution in [0.15, 0.2) is 18.2 Å². The van der Waals surface area contributed by atoms with E-state index in [9.17, 15) is 4.79 Å². The summed E-state index contributed by atoms with van der Waals surface area (Å²) >= 11 is 0. The maximum absolute atomic E-state index is 11.0. The third-order valence-electron chi connectivity index (χ3n) is 4.30. The molecule has 4 heteroatoms. The van der Waals surface area contributed by atoms with Crippen LogP contribution in [0, 0.1) is 0 Å². The van der Waals surface area contributed by atoms with Gasteiger partial charge in [0.1, 0.15) is 0 Å². The van der Waals surface area contributed by atoms with Gasteiger partial charge in [0.05, 0.1) is 17.3 Å². The SMILES string of the molecule is CC1(C)CCC(CN2CCc3cc(C(=O)O)ccc32)O1. The van der Waals surface area contributed by atoms with Crippen molar-refractivity contribution in [2.45, 2.75) is 44.8 Å². The number of hydrogen-bond donors (Lipinski definition) is 1. The molecule has 0 amide bonds. The number of carboxylic acids is 1. The second-order valence-corrected chi connectivity index (χ2v) is 6.38. The molecule has 0 bridgehead atoms. The molecule has 0 radical (unpaired) electrons. The minimum atomic E-state index is -0.855. The van der Waals surface area contributed by atoms with Crippen LogP contribution in [0.2, 0.25) is 0 Å². The van der Waals surface area contributed by atoms with E-state index in [4.69, 9.17) is 9.84 Å². The molecule has 2 heterocycles. The summed E-state index contributed by atoms with van der Waals surface area (Å²) in [5.74, 6) is -0.855. The van der Waals surface area contributed by atoms with Crippen LogP contribution in [0.25, 0.3) is 0 Å². The van der Waals surface area contributed by atoms with Gasteiger partial charge >= 0.3 is 5.97 Å². The fraction of sp³-hybridized carbons (Fsp3) is 0.562. The number of aromatic carboxylic acids is 1. The Balaban J connectivity index is 1.72. The molecule has 0 aromatic heterocycles. The number of hydrogen-bond acceptors (Lipinski definition) is 3. The molecule has 1 saturated heterocycles. The first-order chi connectivity index (χ1) is 9.44. The lowest BCUT2D eigenvalue weighted by atomic mass is 10.1. The molecule has 4 nitrogen and oxygen atoms in total. The van der Waals surface area contributed by atoms with Crippen molar-refractivity contribution in [2.75, 3.05) is 18.0 Å². The Labute approximate surface area is 119 Å². The Morgan fingerprint density at radius 2 is 2.30 bits per heavy atom. The first-order valence-electron chi connectivity index (χ1n) is 7.24. The molecule has 0 aliphatic carbocycles. The van der Waals surface area contributed by atoms with E-state index < -0.39 is 5.97 Å². The van der Waals surface area contributed by atoms with E-state index in [1.54, 1.807) is 12.1 Å². The molecule has 108 valence electrons. The monoisotopic (exact) mass is 275 g/mol. The minimum Gasteiger partial charge on any atom is -0.478 e. The lowest BCUT2D eigenvalue weighted by Crippen LogP contribution is -2.32. The molecule has 3 rings (SSSR count). The lowest BCUT2D eigenvalue weighted by molar-refractivity contribution is -0.0114. The van der Waals surface area contributed by atoms with Gasteiger partial charge in [-0.25, -0.2) is 4.79 Å². The zero-order chi connectivity index (χ0) is 14.3. The van der Waals surface area contributed by atoms with Crippen molar-refractivity contribution >= 4 is 11.7 Å². The second kappa shape index (κ2) is 4.77. The second-order valence-electron chi connectivity index (χ2n) is 6.38. The van der Waals surface area contributed by atoms with Crippen LogP contribution < -0.4 is 4.90 Å². The summed E-state index contributed by atoms with van der Waals surface area (Å²) in [6.45, 7) is 6.15. The van der Waals surface area contributed by atoms with Crippen molar-refractivity contribution in [3.63, 3.8) is 0 Å². The quantitative estimate of drug-likeness (QED) is 0.921. The maximum Gasteiger partial charge on any atom is 0.335 e. The minimum absolute atomic E-state index is 0.000383. The Bertz CT molecular complexity index is 539. The van der Waals surface area contributed by atoms with Gasteiger partial charge in [0, 0.05) is 18.8 Å². The predicted molar refractivity (Wildman–Crippen MR) is 77.5 cm³/mol. The van der Waals surface area contributed by atoms with Crippen LogP contribution in [-0.4, -0.2) is 35.9 Å². The number of fused-ring (bicyclic) bond motifs is 1. The van der Waals surface area contributed by atoms with Crippen molar-refractivity contribution in [1.82, 2.24) is 0 Å². The third-order valence-corrected chi connectivity index (χ3v) is 4.30. The van der Waals surface area contributed by atoms with Gasteiger partial charge in [-0.2, -0.15) is 0 Å². The number of benzene rings is 1. The van der Waals surface area contributed by atoms with E-state index in [1.165, 1.54) is 5.69 Å². The molecular weight excluding hydrogens is 254 g/mol. The van der Waals surface area contributed by atoms with Gasteiger partial charge in [0.2, 0.25) is 0 Å². The van der Waals surface area contributed by atoms with E-state index >= 15 is 0 Å². The Morgan fingerprint density at radius 1 is 1.50 bits per heavy atom. The van der Waals surface area contributed by atoms with Crippen molar-refractivity contribution in [1.29, 1.82) is 0 Å². The van der Waals surface area contributed by atoms with E-state index in [0.717, 1.165) is 37.9 Å². The molecule has 1 aromatic carbocycles. The topological polar surface area (TPSA) is 49.8 Å².